The first-order chi connectivity index (χ1) is 12.1. The molecular weight excluding hydrogens is 310 g/mol. The Morgan fingerprint density at radius 1 is 1.08 bits per heavy atom. The molecule has 1 saturated heterocycles. The monoisotopic (exact) mass is 337 g/mol. The summed E-state index contributed by atoms with van der Waals surface area (Å²) in [7, 11) is 0. The predicted molar refractivity (Wildman–Crippen MR) is 103 cm³/mol. The minimum Gasteiger partial charge on any atom is -0.355 e. The molecule has 2 amide bonds. The molecule has 25 heavy (non-hydrogen) atoms. The summed E-state index contributed by atoms with van der Waals surface area (Å²) in [6, 6.07) is 8.59. The molecule has 2 aliphatic heterocycles. The van der Waals surface area contributed by atoms with Crippen LogP contribution in [0.2, 0.25) is 0 Å². The Morgan fingerprint density at radius 2 is 1.80 bits per heavy atom. The van der Waals surface area contributed by atoms with Crippen LogP contribution in [-0.4, -0.2) is 40.4 Å². The number of nitrogens with zero attached hydrogens (tertiary/aromatic N) is 2. The van der Waals surface area contributed by atoms with Crippen molar-refractivity contribution < 1.29 is 4.79 Å². The summed E-state index contributed by atoms with van der Waals surface area (Å²) >= 11 is 0. The van der Waals surface area contributed by atoms with Gasteiger partial charge in [0.1, 0.15) is 0 Å². The quantitative estimate of drug-likeness (QED) is 0.742. The number of aromatic amines is 1. The second kappa shape index (κ2) is 6.25. The molecule has 4 heteroatoms. The number of hydrogen-bond acceptors (Lipinski definition) is 1. The van der Waals surface area contributed by atoms with Crippen LogP contribution in [0, 0.1) is 0 Å². The molecular formula is C21H27N3O. The van der Waals surface area contributed by atoms with E-state index in [1.165, 1.54) is 23.8 Å². The summed E-state index contributed by atoms with van der Waals surface area (Å²) in [5.41, 5.74) is 3.49. The number of urea groups is 1. The van der Waals surface area contributed by atoms with Crippen molar-refractivity contribution in [3.8, 4) is 0 Å². The van der Waals surface area contributed by atoms with Crippen molar-refractivity contribution in [3.63, 3.8) is 0 Å². The zero-order chi connectivity index (χ0) is 17.4. The third kappa shape index (κ3) is 2.94. The molecule has 1 fully saturated rings. The lowest BCUT2D eigenvalue weighted by Crippen LogP contribution is -2.45. The number of carbonyl (C=O) groups excluding carboxylic acids is 1. The smallest absolute Gasteiger partial charge is 0.324 e. The molecule has 0 aliphatic carbocycles. The Labute approximate surface area is 149 Å². The molecule has 4 rings (SSSR count). The van der Waals surface area contributed by atoms with Gasteiger partial charge in [0.25, 0.3) is 0 Å². The Bertz CT molecular complexity index is 810. The number of benzene rings is 1. The Hall–Kier alpha value is -2.23. The highest BCUT2D eigenvalue weighted by Gasteiger charge is 2.33. The summed E-state index contributed by atoms with van der Waals surface area (Å²) in [6.45, 7) is 6.95. The van der Waals surface area contributed by atoms with E-state index < -0.39 is 0 Å². The first kappa shape index (κ1) is 16.2. The van der Waals surface area contributed by atoms with Gasteiger partial charge in [-0.25, -0.2) is 4.79 Å². The van der Waals surface area contributed by atoms with Gasteiger partial charge < -0.3 is 14.8 Å². The van der Waals surface area contributed by atoms with Crippen LogP contribution in [0.25, 0.3) is 17.0 Å². The molecule has 3 heterocycles. The lowest BCUT2D eigenvalue weighted by atomic mass is 9.82. The van der Waals surface area contributed by atoms with Gasteiger partial charge in [-0.1, -0.05) is 44.9 Å². The number of aromatic nitrogens is 1. The average molecular weight is 337 g/mol. The van der Waals surface area contributed by atoms with E-state index in [1.807, 2.05) is 16.0 Å². The molecule has 0 spiro atoms. The van der Waals surface area contributed by atoms with Crippen LogP contribution in [0.1, 0.15) is 50.8 Å². The largest absolute Gasteiger partial charge is 0.355 e. The molecule has 132 valence electrons. The average Bonchev–Trinajstić information content (AvgIpc) is 2.73. The van der Waals surface area contributed by atoms with Gasteiger partial charge >= 0.3 is 6.03 Å². The van der Waals surface area contributed by atoms with Crippen molar-refractivity contribution in [2.75, 3.05) is 19.6 Å². The third-order valence-corrected chi connectivity index (χ3v) is 5.52. The normalized spacial score (nSPS) is 20.2. The van der Waals surface area contributed by atoms with Gasteiger partial charge in [0.15, 0.2) is 0 Å². The number of H-pyrrole nitrogens is 1. The van der Waals surface area contributed by atoms with Crippen molar-refractivity contribution in [1.29, 1.82) is 0 Å². The molecule has 0 bridgehead atoms. The second-order valence-electron chi connectivity index (χ2n) is 7.97. The van der Waals surface area contributed by atoms with E-state index >= 15 is 0 Å². The van der Waals surface area contributed by atoms with Gasteiger partial charge in [0.05, 0.1) is 0 Å². The second-order valence-corrected chi connectivity index (χ2v) is 7.97. The van der Waals surface area contributed by atoms with Gasteiger partial charge in [-0.15, -0.1) is 0 Å². The summed E-state index contributed by atoms with van der Waals surface area (Å²) in [6.07, 6.45) is 8.76. The van der Waals surface area contributed by atoms with E-state index in [9.17, 15) is 4.79 Å². The molecule has 1 aromatic carbocycles. The number of rotatable bonds is 0. The molecule has 0 unspecified atom stereocenters. The van der Waals surface area contributed by atoms with Crippen LogP contribution in [0.4, 0.5) is 4.79 Å². The SMILES string of the molecule is CC1(C)CN(C(=O)N2CCCCCC2)C=Cc2[nH]c3ccccc3c21. The fourth-order valence-electron chi connectivity index (χ4n) is 4.31. The molecule has 0 atom stereocenters. The molecule has 0 saturated carbocycles. The van der Waals surface area contributed by atoms with Crippen LogP contribution in [0.5, 0.6) is 0 Å². The molecule has 4 nitrogen and oxygen atoms in total. The van der Waals surface area contributed by atoms with Crippen molar-refractivity contribution in [2.24, 2.45) is 0 Å². The minimum absolute atomic E-state index is 0.111. The maximum atomic E-state index is 13.1. The van der Waals surface area contributed by atoms with E-state index in [1.54, 1.807) is 0 Å². The molecule has 1 aromatic heterocycles. The van der Waals surface area contributed by atoms with Crippen molar-refractivity contribution in [2.45, 2.75) is 44.9 Å². The lowest BCUT2D eigenvalue weighted by molar-refractivity contribution is 0.164. The van der Waals surface area contributed by atoms with Crippen molar-refractivity contribution >= 4 is 23.0 Å². The van der Waals surface area contributed by atoms with E-state index in [0.29, 0.717) is 6.54 Å². The van der Waals surface area contributed by atoms with Crippen LogP contribution in [-0.2, 0) is 5.41 Å². The Morgan fingerprint density at radius 3 is 2.56 bits per heavy atom. The fourth-order valence-corrected chi connectivity index (χ4v) is 4.31. The maximum Gasteiger partial charge on any atom is 0.324 e. The highest BCUT2D eigenvalue weighted by atomic mass is 16.2. The fraction of sp³-hybridized carbons (Fsp3) is 0.476. The number of carbonyl (C=O) groups is 1. The van der Waals surface area contributed by atoms with E-state index in [0.717, 1.165) is 37.1 Å². The Kier molecular flexibility index (Phi) is 4.06. The topological polar surface area (TPSA) is 39.3 Å². The van der Waals surface area contributed by atoms with Gasteiger partial charge in [-0.3, -0.25) is 0 Å². The minimum atomic E-state index is -0.111. The van der Waals surface area contributed by atoms with Crippen molar-refractivity contribution in [1.82, 2.24) is 14.8 Å². The summed E-state index contributed by atoms with van der Waals surface area (Å²) in [4.78, 5) is 20.5. The highest BCUT2D eigenvalue weighted by Crippen LogP contribution is 2.37. The van der Waals surface area contributed by atoms with Gasteiger partial charge in [-0.2, -0.15) is 0 Å². The van der Waals surface area contributed by atoms with Crippen molar-refractivity contribution in [3.05, 3.63) is 41.7 Å². The van der Waals surface area contributed by atoms with Crippen LogP contribution >= 0.6 is 0 Å². The van der Waals surface area contributed by atoms with E-state index in [2.05, 4.69) is 49.2 Å². The number of nitrogens with one attached hydrogen (secondary N) is 1. The summed E-state index contributed by atoms with van der Waals surface area (Å²) in [5.74, 6) is 0. The zero-order valence-electron chi connectivity index (χ0n) is 15.2. The number of fused-ring (bicyclic) bond motifs is 3. The molecule has 2 aromatic rings. The number of para-hydroxylation sites is 1. The van der Waals surface area contributed by atoms with E-state index in [-0.39, 0.29) is 11.4 Å². The Balaban J connectivity index is 1.67. The van der Waals surface area contributed by atoms with Crippen LogP contribution < -0.4 is 0 Å². The maximum absolute atomic E-state index is 13.1. The number of likely N-dealkylation sites (tertiary alicyclic amines) is 1. The van der Waals surface area contributed by atoms with Gasteiger partial charge in [-0.05, 0) is 30.5 Å². The summed E-state index contributed by atoms with van der Waals surface area (Å²) in [5, 5.41) is 1.26. The first-order valence-corrected chi connectivity index (χ1v) is 9.41. The first-order valence-electron chi connectivity index (χ1n) is 9.41. The number of hydrogen-bond donors (Lipinski definition) is 1. The van der Waals surface area contributed by atoms with Crippen LogP contribution in [0.15, 0.2) is 30.5 Å². The van der Waals surface area contributed by atoms with E-state index in [4.69, 9.17) is 0 Å². The highest BCUT2D eigenvalue weighted by molar-refractivity contribution is 5.89. The molecule has 1 N–H and O–H groups in total. The third-order valence-electron chi connectivity index (χ3n) is 5.52. The zero-order valence-corrected chi connectivity index (χ0v) is 15.2. The van der Waals surface area contributed by atoms with Gasteiger partial charge in [0.2, 0.25) is 0 Å². The van der Waals surface area contributed by atoms with Crippen LogP contribution in [0.3, 0.4) is 0 Å². The van der Waals surface area contributed by atoms with Gasteiger partial charge in [0, 0.05) is 47.8 Å². The molecule has 0 radical (unpaired) electrons. The standard InChI is InChI=1S/C21H27N3O/c1-21(2)15-24(20(25)23-12-7-3-4-8-13-23)14-11-18-19(21)16-9-5-6-10-17(16)22-18/h5-6,9-11,14,22H,3-4,7-8,12-13,15H2,1-2H3. The number of amides is 2. The molecule has 2 aliphatic rings. The lowest BCUT2D eigenvalue weighted by Gasteiger charge is -2.33. The summed E-state index contributed by atoms with van der Waals surface area (Å²) < 4.78 is 0. The predicted octanol–water partition coefficient (Wildman–Crippen LogP) is 4.73.